The SMILES string of the molecule is O=C(c1ccc(C=CC(c2cc(Cl)cc(Cl)c2)C(F)(F)F)cc1)N1C(=O)c2ccccc2C1=O. The summed E-state index contributed by atoms with van der Waals surface area (Å²) in [4.78, 5) is 38.3. The van der Waals surface area contributed by atoms with E-state index < -0.39 is 29.8 Å². The van der Waals surface area contributed by atoms with Gasteiger partial charge in [-0.3, -0.25) is 14.4 Å². The molecule has 3 amide bonds. The van der Waals surface area contributed by atoms with Crippen molar-refractivity contribution in [2.24, 2.45) is 0 Å². The van der Waals surface area contributed by atoms with Crippen LogP contribution < -0.4 is 0 Å². The number of hydrogen-bond acceptors (Lipinski definition) is 3. The van der Waals surface area contributed by atoms with Crippen molar-refractivity contribution < 1.29 is 27.6 Å². The van der Waals surface area contributed by atoms with Crippen LogP contribution in [0.4, 0.5) is 13.2 Å². The molecular formula is C25H14Cl2F3NO3. The summed E-state index contributed by atoms with van der Waals surface area (Å²) in [6.45, 7) is 0. The highest BCUT2D eigenvalue weighted by molar-refractivity contribution is 6.34. The van der Waals surface area contributed by atoms with Crippen molar-refractivity contribution in [2.45, 2.75) is 12.1 Å². The van der Waals surface area contributed by atoms with E-state index in [1.54, 1.807) is 12.1 Å². The molecule has 34 heavy (non-hydrogen) atoms. The predicted molar refractivity (Wildman–Crippen MR) is 122 cm³/mol. The van der Waals surface area contributed by atoms with Gasteiger partial charge in [-0.15, -0.1) is 0 Å². The molecular weight excluding hydrogens is 490 g/mol. The number of allylic oxidation sites excluding steroid dienone is 1. The third-order valence-corrected chi connectivity index (χ3v) is 5.67. The standard InChI is InChI=1S/C25H14Cl2F3NO3/c26-17-11-16(12-18(27)13-17)21(25(28,29)30)10-7-14-5-8-15(9-6-14)22(32)31-23(33)19-3-1-2-4-20(19)24(31)34/h1-13,21H. The van der Waals surface area contributed by atoms with Crippen molar-refractivity contribution >= 4 is 47.0 Å². The van der Waals surface area contributed by atoms with E-state index in [2.05, 4.69) is 0 Å². The first kappa shape index (κ1) is 23.7. The molecule has 0 N–H and O–H groups in total. The second-order valence-corrected chi connectivity index (χ2v) is 8.37. The van der Waals surface area contributed by atoms with E-state index in [9.17, 15) is 27.6 Å². The van der Waals surface area contributed by atoms with Crippen LogP contribution in [0, 0.1) is 0 Å². The van der Waals surface area contributed by atoms with E-state index in [0.717, 1.165) is 6.08 Å². The number of benzene rings is 3. The number of nitrogens with zero attached hydrogens (tertiary/aromatic N) is 1. The largest absolute Gasteiger partial charge is 0.399 e. The van der Waals surface area contributed by atoms with E-state index in [1.165, 1.54) is 60.7 Å². The van der Waals surface area contributed by atoms with Crippen molar-refractivity contribution in [1.82, 2.24) is 4.90 Å². The Hall–Kier alpha value is -3.42. The Bertz CT molecular complexity index is 1280. The van der Waals surface area contributed by atoms with E-state index in [-0.39, 0.29) is 32.3 Å². The minimum atomic E-state index is -4.59. The molecule has 0 aliphatic carbocycles. The fourth-order valence-electron chi connectivity index (χ4n) is 3.61. The average Bonchev–Trinajstić information content (AvgIpc) is 3.03. The van der Waals surface area contributed by atoms with Gasteiger partial charge in [0.1, 0.15) is 0 Å². The molecule has 1 aliphatic rings. The van der Waals surface area contributed by atoms with E-state index in [1.807, 2.05) is 0 Å². The molecule has 3 aromatic carbocycles. The van der Waals surface area contributed by atoms with Gasteiger partial charge in [0.2, 0.25) is 0 Å². The summed E-state index contributed by atoms with van der Waals surface area (Å²) in [6.07, 6.45) is -2.38. The highest BCUT2D eigenvalue weighted by Gasteiger charge is 2.40. The number of rotatable bonds is 4. The number of carbonyl (C=O) groups is 3. The monoisotopic (exact) mass is 503 g/mol. The lowest BCUT2D eigenvalue weighted by Crippen LogP contribution is -2.36. The Labute approximate surface area is 202 Å². The summed E-state index contributed by atoms with van der Waals surface area (Å²) in [7, 11) is 0. The van der Waals surface area contributed by atoms with Crippen molar-refractivity contribution in [3.8, 4) is 0 Å². The van der Waals surface area contributed by atoms with Gasteiger partial charge in [-0.2, -0.15) is 13.2 Å². The molecule has 0 aromatic heterocycles. The Balaban J connectivity index is 1.56. The van der Waals surface area contributed by atoms with Crippen LogP contribution >= 0.6 is 23.2 Å². The molecule has 1 heterocycles. The van der Waals surface area contributed by atoms with Gasteiger partial charge in [0.25, 0.3) is 17.7 Å². The molecule has 0 saturated heterocycles. The fourth-order valence-corrected chi connectivity index (χ4v) is 4.15. The fraction of sp³-hybridized carbons (Fsp3) is 0.0800. The smallest absolute Gasteiger partial charge is 0.268 e. The zero-order valence-electron chi connectivity index (χ0n) is 17.1. The van der Waals surface area contributed by atoms with Gasteiger partial charge in [0.05, 0.1) is 17.0 Å². The molecule has 1 atom stereocenters. The van der Waals surface area contributed by atoms with Crippen LogP contribution in [0.25, 0.3) is 6.08 Å². The van der Waals surface area contributed by atoms with Gasteiger partial charge in [-0.05, 0) is 53.6 Å². The second kappa shape index (κ2) is 9.08. The number of imide groups is 3. The maximum Gasteiger partial charge on any atom is 0.399 e. The number of amides is 3. The van der Waals surface area contributed by atoms with Crippen molar-refractivity contribution in [3.63, 3.8) is 0 Å². The maximum atomic E-state index is 13.6. The lowest BCUT2D eigenvalue weighted by Gasteiger charge is -2.18. The van der Waals surface area contributed by atoms with Crippen molar-refractivity contribution in [2.75, 3.05) is 0 Å². The van der Waals surface area contributed by atoms with Crippen LogP contribution in [0.2, 0.25) is 10.0 Å². The second-order valence-electron chi connectivity index (χ2n) is 7.50. The zero-order chi connectivity index (χ0) is 24.6. The van der Waals surface area contributed by atoms with Crippen LogP contribution in [0.1, 0.15) is 48.1 Å². The predicted octanol–water partition coefficient (Wildman–Crippen LogP) is 6.79. The Kier molecular flexibility index (Phi) is 6.34. The summed E-state index contributed by atoms with van der Waals surface area (Å²) >= 11 is 11.7. The maximum absolute atomic E-state index is 13.6. The van der Waals surface area contributed by atoms with Crippen molar-refractivity contribution in [1.29, 1.82) is 0 Å². The van der Waals surface area contributed by atoms with E-state index in [4.69, 9.17) is 23.2 Å². The highest BCUT2D eigenvalue weighted by Crippen LogP contribution is 2.38. The van der Waals surface area contributed by atoms with Gasteiger partial charge in [-0.1, -0.05) is 59.6 Å². The molecule has 4 rings (SSSR count). The number of alkyl halides is 3. The van der Waals surface area contributed by atoms with Crippen molar-refractivity contribution in [3.05, 3.63) is 111 Å². The molecule has 4 nitrogen and oxygen atoms in total. The third-order valence-electron chi connectivity index (χ3n) is 5.23. The van der Waals surface area contributed by atoms with E-state index in [0.29, 0.717) is 10.5 Å². The molecule has 3 aromatic rings. The Morgan fingerprint density at radius 2 is 1.38 bits per heavy atom. The molecule has 1 unspecified atom stereocenters. The van der Waals surface area contributed by atoms with Crippen LogP contribution in [0.5, 0.6) is 0 Å². The molecule has 0 spiro atoms. The zero-order valence-corrected chi connectivity index (χ0v) is 18.7. The molecule has 0 fully saturated rings. The highest BCUT2D eigenvalue weighted by atomic mass is 35.5. The Morgan fingerprint density at radius 1 is 0.853 bits per heavy atom. The van der Waals surface area contributed by atoms with Gasteiger partial charge in [0, 0.05) is 15.6 Å². The van der Waals surface area contributed by atoms with Gasteiger partial charge >= 0.3 is 6.18 Å². The number of fused-ring (bicyclic) bond motifs is 1. The third kappa shape index (κ3) is 4.62. The quantitative estimate of drug-likeness (QED) is 0.368. The molecule has 0 radical (unpaired) electrons. The normalized spacial score (nSPS) is 14.6. The molecule has 0 bridgehead atoms. The summed E-state index contributed by atoms with van der Waals surface area (Å²) in [5.74, 6) is -4.21. The summed E-state index contributed by atoms with van der Waals surface area (Å²) in [5.41, 5.74) is 0.583. The number of halogens is 5. The first-order valence-electron chi connectivity index (χ1n) is 9.89. The van der Waals surface area contributed by atoms with Crippen LogP contribution in [0.15, 0.2) is 72.8 Å². The molecule has 1 aliphatic heterocycles. The minimum absolute atomic E-state index is 0.0423. The lowest BCUT2D eigenvalue weighted by atomic mass is 9.97. The molecule has 0 saturated carbocycles. The van der Waals surface area contributed by atoms with E-state index >= 15 is 0 Å². The summed E-state index contributed by atoms with van der Waals surface area (Å²) < 4.78 is 40.9. The summed E-state index contributed by atoms with van der Waals surface area (Å²) in [5, 5.41) is 0.169. The topological polar surface area (TPSA) is 54.5 Å². The first-order valence-corrected chi connectivity index (χ1v) is 10.6. The van der Waals surface area contributed by atoms with Gasteiger partial charge in [0.15, 0.2) is 0 Å². The number of hydrogen-bond donors (Lipinski definition) is 0. The van der Waals surface area contributed by atoms with Crippen LogP contribution in [0.3, 0.4) is 0 Å². The number of carbonyl (C=O) groups excluding carboxylic acids is 3. The van der Waals surface area contributed by atoms with Crippen LogP contribution in [-0.4, -0.2) is 28.8 Å². The van der Waals surface area contributed by atoms with Gasteiger partial charge < -0.3 is 0 Å². The molecule has 9 heteroatoms. The minimum Gasteiger partial charge on any atom is -0.268 e. The lowest BCUT2D eigenvalue weighted by molar-refractivity contribution is -0.139. The Morgan fingerprint density at radius 3 is 1.88 bits per heavy atom. The summed E-state index contributed by atoms with van der Waals surface area (Å²) in [6, 6.07) is 15.3. The van der Waals surface area contributed by atoms with Crippen LogP contribution in [-0.2, 0) is 0 Å². The van der Waals surface area contributed by atoms with Gasteiger partial charge in [-0.25, -0.2) is 4.90 Å². The first-order chi connectivity index (χ1) is 16.1. The molecule has 172 valence electrons. The average molecular weight is 504 g/mol.